The largest absolute Gasteiger partial charge is 0.368 e. The molecule has 4 amide bonds. The smallest absolute Gasteiger partial charge is 0.261 e. The van der Waals surface area contributed by atoms with Gasteiger partial charge in [0.15, 0.2) is 0 Å². The van der Waals surface area contributed by atoms with E-state index in [1.807, 2.05) is 0 Å². The minimum absolute atomic E-state index is 0.0251. The molecule has 3 aliphatic rings. The van der Waals surface area contributed by atoms with Crippen molar-refractivity contribution >= 4 is 23.6 Å². The predicted octanol–water partition coefficient (Wildman–Crippen LogP) is 1.95. The molecule has 5 rings (SSSR count). The molecule has 0 N–H and O–H groups in total. The van der Waals surface area contributed by atoms with E-state index in [-0.39, 0.29) is 36.3 Å². The van der Waals surface area contributed by atoms with Crippen molar-refractivity contribution < 1.29 is 23.9 Å². The number of fused-ring (bicyclic) bond motifs is 1. The van der Waals surface area contributed by atoms with Gasteiger partial charge in [0.05, 0.1) is 17.7 Å². The van der Waals surface area contributed by atoms with E-state index in [2.05, 4.69) is 0 Å². The number of carbonyl (C=O) groups is 4. The highest BCUT2D eigenvalue weighted by atomic mass is 16.5. The van der Waals surface area contributed by atoms with Crippen LogP contribution in [0.2, 0.25) is 0 Å². The maximum absolute atomic E-state index is 12.9. The Morgan fingerprint density at radius 2 is 1.45 bits per heavy atom. The standard InChI is InChI=1S/C25H25N3O5/c29-22(26-11-13-27(14-12-26)25(32)21-6-3-15-33-21)18-9-7-17(8-10-18)16-28-23(30)19-4-1-2-5-20(19)24(28)31/h1-2,4-5,7-10,21H,3,6,11-16H2. The quantitative estimate of drug-likeness (QED) is 0.669. The summed E-state index contributed by atoms with van der Waals surface area (Å²) in [6.45, 7) is 2.76. The number of carbonyl (C=O) groups excluding carboxylic acids is 4. The number of benzene rings is 2. The van der Waals surface area contributed by atoms with Gasteiger partial charge in [0.2, 0.25) is 0 Å². The van der Waals surface area contributed by atoms with Gasteiger partial charge < -0.3 is 14.5 Å². The van der Waals surface area contributed by atoms with Crippen LogP contribution < -0.4 is 0 Å². The molecule has 0 bridgehead atoms. The second-order valence-corrected chi connectivity index (χ2v) is 8.56. The number of ether oxygens (including phenoxy) is 1. The van der Waals surface area contributed by atoms with Gasteiger partial charge >= 0.3 is 0 Å². The Morgan fingerprint density at radius 3 is 2.03 bits per heavy atom. The molecule has 0 spiro atoms. The van der Waals surface area contributed by atoms with Crippen LogP contribution in [0.4, 0.5) is 0 Å². The van der Waals surface area contributed by atoms with E-state index < -0.39 is 0 Å². The fourth-order valence-corrected chi connectivity index (χ4v) is 4.61. The highest BCUT2D eigenvalue weighted by molar-refractivity contribution is 6.21. The van der Waals surface area contributed by atoms with Gasteiger partial charge in [-0.2, -0.15) is 0 Å². The average Bonchev–Trinajstić information content (AvgIpc) is 3.48. The van der Waals surface area contributed by atoms with Gasteiger partial charge in [0.25, 0.3) is 23.6 Å². The third-order valence-corrected chi connectivity index (χ3v) is 6.50. The number of nitrogens with zero attached hydrogens (tertiary/aromatic N) is 3. The molecule has 1 atom stereocenters. The van der Waals surface area contributed by atoms with Gasteiger partial charge in [0, 0.05) is 38.3 Å². The molecular formula is C25H25N3O5. The average molecular weight is 447 g/mol. The molecule has 2 aromatic carbocycles. The molecule has 2 aromatic rings. The van der Waals surface area contributed by atoms with Crippen molar-refractivity contribution in [3.63, 3.8) is 0 Å². The van der Waals surface area contributed by atoms with E-state index in [9.17, 15) is 19.2 Å². The number of piperazine rings is 1. The Morgan fingerprint density at radius 1 is 0.848 bits per heavy atom. The van der Waals surface area contributed by atoms with Crippen LogP contribution in [0.15, 0.2) is 48.5 Å². The van der Waals surface area contributed by atoms with E-state index in [0.29, 0.717) is 49.5 Å². The van der Waals surface area contributed by atoms with Crippen molar-refractivity contribution in [2.45, 2.75) is 25.5 Å². The third-order valence-electron chi connectivity index (χ3n) is 6.50. The lowest BCUT2D eigenvalue weighted by Crippen LogP contribution is -2.52. The number of imide groups is 1. The summed E-state index contributed by atoms with van der Waals surface area (Å²) in [5.74, 6) is -0.666. The number of hydrogen-bond acceptors (Lipinski definition) is 5. The van der Waals surface area contributed by atoms with Crippen LogP contribution in [0.25, 0.3) is 0 Å². The first-order valence-electron chi connectivity index (χ1n) is 11.3. The predicted molar refractivity (Wildman–Crippen MR) is 119 cm³/mol. The first-order chi connectivity index (χ1) is 16.0. The minimum Gasteiger partial charge on any atom is -0.368 e. The van der Waals surface area contributed by atoms with Crippen LogP contribution >= 0.6 is 0 Å². The molecular weight excluding hydrogens is 422 g/mol. The number of hydrogen-bond donors (Lipinski definition) is 0. The second-order valence-electron chi connectivity index (χ2n) is 8.56. The highest BCUT2D eigenvalue weighted by Crippen LogP contribution is 2.24. The summed E-state index contributed by atoms with van der Waals surface area (Å²) in [6, 6.07) is 13.8. The molecule has 3 aliphatic heterocycles. The van der Waals surface area contributed by atoms with Gasteiger partial charge in [-0.3, -0.25) is 24.1 Å². The van der Waals surface area contributed by atoms with Crippen LogP contribution in [-0.2, 0) is 16.1 Å². The topological polar surface area (TPSA) is 87.2 Å². The Balaban J connectivity index is 1.18. The summed E-state index contributed by atoms with van der Waals surface area (Å²) in [4.78, 5) is 55.3. The Labute approximate surface area is 191 Å². The SMILES string of the molecule is O=C(c1ccc(CN2C(=O)c3ccccc3C2=O)cc1)N1CCN(C(=O)C2CCCO2)CC1. The first kappa shape index (κ1) is 21.3. The minimum atomic E-state index is -0.332. The lowest BCUT2D eigenvalue weighted by Gasteiger charge is -2.35. The molecule has 8 nitrogen and oxygen atoms in total. The monoisotopic (exact) mass is 447 g/mol. The third kappa shape index (κ3) is 4.02. The second kappa shape index (κ2) is 8.78. The Bertz CT molecular complexity index is 1060. The van der Waals surface area contributed by atoms with Crippen LogP contribution in [-0.4, -0.2) is 77.2 Å². The van der Waals surface area contributed by atoms with E-state index in [0.717, 1.165) is 18.4 Å². The summed E-state index contributed by atoms with van der Waals surface area (Å²) in [6.07, 6.45) is 1.35. The van der Waals surface area contributed by atoms with Crippen molar-refractivity contribution in [3.8, 4) is 0 Å². The lowest BCUT2D eigenvalue weighted by molar-refractivity contribution is -0.142. The van der Waals surface area contributed by atoms with Crippen molar-refractivity contribution in [3.05, 3.63) is 70.8 Å². The van der Waals surface area contributed by atoms with E-state index in [1.54, 1.807) is 58.3 Å². The van der Waals surface area contributed by atoms with Crippen molar-refractivity contribution in [1.29, 1.82) is 0 Å². The van der Waals surface area contributed by atoms with Gasteiger partial charge in [-0.25, -0.2) is 0 Å². The molecule has 1 unspecified atom stereocenters. The first-order valence-corrected chi connectivity index (χ1v) is 11.3. The van der Waals surface area contributed by atoms with Crippen LogP contribution in [0.5, 0.6) is 0 Å². The van der Waals surface area contributed by atoms with Gasteiger partial charge in [0.1, 0.15) is 6.10 Å². The summed E-state index contributed by atoms with van der Waals surface area (Å²) in [5.41, 5.74) is 2.16. The normalized spacial score (nSPS) is 20.4. The Kier molecular flexibility index (Phi) is 5.68. The van der Waals surface area contributed by atoms with E-state index in [4.69, 9.17) is 4.74 Å². The molecule has 8 heteroatoms. The molecule has 170 valence electrons. The van der Waals surface area contributed by atoms with E-state index >= 15 is 0 Å². The molecule has 3 heterocycles. The molecule has 0 radical (unpaired) electrons. The summed E-state index contributed by atoms with van der Waals surface area (Å²) >= 11 is 0. The number of amides is 4. The molecule has 33 heavy (non-hydrogen) atoms. The maximum atomic E-state index is 12.9. The Hall–Kier alpha value is -3.52. The molecule has 0 saturated carbocycles. The van der Waals surface area contributed by atoms with Crippen molar-refractivity contribution in [2.24, 2.45) is 0 Å². The van der Waals surface area contributed by atoms with E-state index in [1.165, 1.54) is 4.90 Å². The molecule has 2 fully saturated rings. The molecule has 0 aliphatic carbocycles. The van der Waals surface area contributed by atoms with Crippen LogP contribution in [0.3, 0.4) is 0 Å². The summed E-state index contributed by atoms with van der Waals surface area (Å²) in [7, 11) is 0. The summed E-state index contributed by atoms with van der Waals surface area (Å²) < 4.78 is 5.48. The lowest BCUT2D eigenvalue weighted by atomic mass is 10.1. The zero-order chi connectivity index (χ0) is 22.9. The summed E-state index contributed by atoms with van der Waals surface area (Å²) in [5, 5.41) is 0. The number of rotatable bonds is 4. The van der Waals surface area contributed by atoms with Gasteiger partial charge in [-0.1, -0.05) is 24.3 Å². The molecule has 0 aromatic heterocycles. The van der Waals surface area contributed by atoms with Gasteiger partial charge in [-0.05, 0) is 42.7 Å². The van der Waals surface area contributed by atoms with Crippen LogP contribution in [0.1, 0.15) is 49.5 Å². The van der Waals surface area contributed by atoms with Crippen molar-refractivity contribution in [1.82, 2.24) is 14.7 Å². The maximum Gasteiger partial charge on any atom is 0.261 e. The zero-order valence-corrected chi connectivity index (χ0v) is 18.2. The highest BCUT2D eigenvalue weighted by Gasteiger charge is 2.35. The van der Waals surface area contributed by atoms with Gasteiger partial charge in [-0.15, -0.1) is 0 Å². The molecule has 2 saturated heterocycles. The fraction of sp³-hybridized carbons (Fsp3) is 0.360. The fourth-order valence-electron chi connectivity index (χ4n) is 4.61. The van der Waals surface area contributed by atoms with Crippen LogP contribution in [0, 0.1) is 0 Å². The van der Waals surface area contributed by atoms with Crippen molar-refractivity contribution in [2.75, 3.05) is 32.8 Å². The zero-order valence-electron chi connectivity index (χ0n) is 18.2.